The molecule has 0 bridgehead atoms. The van der Waals surface area contributed by atoms with E-state index in [0.29, 0.717) is 17.1 Å². The van der Waals surface area contributed by atoms with E-state index < -0.39 is 0 Å². The number of hydrogen-bond donors (Lipinski definition) is 2. The summed E-state index contributed by atoms with van der Waals surface area (Å²) in [5.41, 5.74) is 7.92. The molecule has 0 saturated carbocycles. The van der Waals surface area contributed by atoms with Crippen LogP contribution in [-0.2, 0) is 11.8 Å². The molecule has 0 saturated heterocycles. The molecule has 0 aliphatic carbocycles. The van der Waals surface area contributed by atoms with Gasteiger partial charge >= 0.3 is 0 Å². The zero-order chi connectivity index (χ0) is 14.9. The molecule has 0 aliphatic rings. The molecule has 0 amide bonds. The van der Waals surface area contributed by atoms with Crippen LogP contribution in [0.25, 0.3) is 5.69 Å². The van der Waals surface area contributed by atoms with Crippen LogP contribution in [0.15, 0.2) is 24.3 Å². The average molecular weight is 277 g/mol. The third kappa shape index (κ3) is 2.82. The van der Waals surface area contributed by atoms with E-state index in [1.165, 1.54) is 6.07 Å². The summed E-state index contributed by atoms with van der Waals surface area (Å²) in [4.78, 5) is 0. The Morgan fingerprint density at radius 2 is 2.00 bits per heavy atom. The monoisotopic (exact) mass is 277 g/mol. The Labute approximate surface area is 118 Å². The standard InChI is InChI=1S/C15H20FN3O/c1-15(2,3)13-9-14(17)19(18-13)11-4-5-12(16)10(8-11)6-7-20/h4-5,8-9,20H,6-7,17H2,1-3H3. The van der Waals surface area contributed by atoms with Crippen LogP contribution in [0.5, 0.6) is 0 Å². The van der Waals surface area contributed by atoms with Gasteiger partial charge in [0.05, 0.1) is 11.4 Å². The highest BCUT2D eigenvalue weighted by Gasteiger charge is 2.19. The number of hydrogen-bond acceptors (Lipinski definition) is 3. The normalized spacial score (nSPS) is 11.8. The Morgan fingerprint density at radius 3 is 2.55 bits per heavy atom. The van der Waals surface area contributed by atoms with Crippen molar-refractivity contribution in [2.75, 3.05) is 12.3 Å². The van der Waals surface area contributed by atoms with Gasteiger partial charge in [0, 0.05) is 18.1 Å². The van der Waals surface area contributed by atoms with Crippen molar-refractivity contribution in [3.8, 4) is 5.69 Å². The van der Waals surface area contributed by atoms with Crippen LogP contribution >= 0.6 is 0 Å². The number of nitrogen functional groups attached to an aromatic ring is 1. The van der Waals surface area contributed by atoms with Crippen molar-refractivity contribution in [2.24, 2.45) is 0 Å². The molecular formula is C15H20FN3O. The second-order valence-electron chi connectivity index (χ2n) is 5.87. The zero-order valence-corrected chi connectivity index (χ0v) is 12.0. The van der Waals surface area contributed by atoms with Crippen molar-refractivity contribution >= 4 is 5.82 Å². The first-order valence-corrected chi connectivity index (χ1v) is 6.58. The van der Waals surface area contributed by atoms with Crippen molar-refractivity contribution in [2.45, 2.75) is 32.6 Å². The molecule has 0 spiro atoms. The predicted octanol–water partition coefficient (Wildman–Crippen LogP) is 2.43. The van der Waals surface area contributed by atoms with E-state index >= 15 is 0 Å². The summed E-state index contributed by atoms with van der Waals surface area (Å²) in [6.45, 7) is 6.07. The van der Waals surface area contributed by atoms with Crippen LogP contribution in [0.3, 0.4) is 0 Å². The van der Waals surface area contributed by atoms with Gasteiger partial charge < -0.3 is 10.8 Å². The molecule has 20 heavy (non-hydrogen) atoms. The van der Waals surface area contributed by atoms with Crippen molar-refractivity contribution in [1.29, 1.82) is 0 Å². The summed E-state index contributed by atoms with van der Waals surface area (Å²) in [5, 5.41) is 13.4. The van der Waals surface area contributed by atoms with Crippen molar-refractivity contribution in [1.82, 2.24) is 9.78 Å². The Kier molecular flexibility index (Phi) is 3.81. The minimum Gasteiger partial charge on any atom is -0.396 e. The molecule has 4 nitrogen and oxygen atoms in total. The summed E-state index contributed by atoms with van der Waals surface area (Å²) in [6.07, 6.45) is 0.271. The van der Waals surface area contributed by atoms with E-state index in [9.17, 15) is 4.39 Å². The maximum absolute atomic E-state index is 13.6. The number of nitrogens with two attached hydrogens (primary N) is 1. The SMILES string of the molecule is CC(C)(C)c1cc(N)n(-c2ccc(F)c(CCO)c2)n1. The minimum absolute atomic E-state index is 0.0950. The fourth-order valence-electron chi connectivity index (χ4n) is 1.97. The smallest absolute Gasteiger partial charge is 0.127 e. The summed E-state index contributed by atoms with van der Waals surface area (Å²) in [5.74, 6) is 0.182. The van der Waals surface area contributed by atoms with Crippen molar-refractivity contribution in [3.05, 3.63) is 41.3 Å². The van der Waals surface area contributed by atoms with E-state index in [1.807, 2.05) is 6.07 Å². The fourth-order valence-corrected chi connectivity index (χ4v) is 1.97. The first-order chi connectivity index (χ1) is 9.32. The first kappa shape index (κ1) is 14.5. The van der Waals surface area contributed by atoms with Gasteiger partial charge in [0.2, 0.25) is 0 Å². The average Bonchev–Trinajstić information content (AvgIpc) is 2.74. The Morgan fingerprint density at radius 1 is 1.30 bits per heavy atom. The molecule has 2 rings (SSSR count). The van der Waals surface area contributed by atoms with Gasteiger partial charge in [-0.25, -0.2) is 9.07 Å². The Hall–Kier alpha value is -1.88. The summed E-state index contributed by atoms with van der Waals surface area (Å²) < 4.78 is 15.2. The summed E-state index contributed by atoms with van der Waals surface area (Å²) >= 11 is 0. The lowest BCUT2D eigenvalue weighted by atomic mass is 9.92. The molecule has 108 valence electrons. The van der Waals surface area contributed by atoms with Gasteiger partial charge in [-0.3, -0.25) is 0 Å². The highest BCUT2D eigenvalue weighted by atomic mass is 19.1. The largest absolute Gasteiger partial charge is 0.396 e. The van der Waals surface area contributed by atoms with E-state index in [1.54, 1.807) is 16.8 Å². The first-order valence-electron chi connectivity index (χ1n) is 6.58. The molecule has 0 aliphatic heterocycles. The second-order valence-corrected chi connectivity index (χ2v) is 5.87. The van der Waals surface area contributed by atoms with Gasteiger partial charge in [-0.05, 0) is 30.2 Å². The summed E-state index contributed by atoms with van der Waals surface area (Å²) in [7, 11) is 0. The lowest BCUT2D eigenvalue weighted by molar-refractivity contribution is 0.297. The summed E-state index contributed by atoms with van der Waals surface area (Å²) in [6, 6.07) is 6.50. The van der Waals surface area contributed by atoms with E-state index in [0.717, 1.165) is 5.69 Å². The number of rotatable bonds is 3. The van der Waals surface area contributed by atoms with Gasteiger partial charge in [-0.1, -0.05) is 20.8 Å². The maximum atomic E-state index is 13.6. The third-order valence-electron chi connectivity index (χ3n) is 3.16. The molecule has 0 radical (unpaired) electrons. The Bertz CT molecular complexity index is 614. The number of benzene rings is 1. The number of anilines is 1. The van der Waals surface area contributed by atoms with Crippen LogP contribution in [0.1, 0.15) is 32.0 Å². The van der Waals surface area contributed by atoms with Gasteiger partial charge in [-0.2, -0.15) is 5.10 Å². The van der Waals surface area contributed by atoms with E-state index in [-0.39, 0.29) is 24.3 Å². The molecule has 0 fully saturated rings. The second kappa shape index (κ2) is 5.25. The third-order valence-corrected chi connectivity index (χ3v) is 3.16. The molecule has 5 heteroatoms. The van der Waals surface area contributed by atoms with Gasteiger partial charge in [0.25, 0.3) is 0 Å². The lowest BCUT2D eigenvalue weighted by Gasteiger charge is -2.14. The van der Waals surface area contributed by atoms with Crippen LogP contribution < -0.4 is 5.73 Å². The van der Waals surface area contributed by atoms with Crippen molar-refractivity contribution < 1.29 is 9.50 Å². The molecule has 3 N–H and O–H groups in total. The highest BCUT2D eigenvalue weighted by molar-refractivity contribution is 5.45. The topological polar surface area (TPSA) is 64.1 Å². The number of nitrogens with zero attached hydrogens (tertiary/aromatic N) is 2. The van der Waals surface area contributed by atoms with Crippen LogP contribution in [0.2, 0.25) is 0 Å². The molecule has 1 aromatic heterocycles. The highest BCUT2D eigenvalue weighted by Crippen LogP contribution is 2.25. The molecule has 2 aromatic rings. The number of aromatic nitrogens is 2. The quantitative estimate of drug-likeness (QED) is 0.905. The van der Waals surface area contributed by atoms with Crippen molar-refractivity contribution in [3.63, 3.8) is 0 Å². The van der Waals surface area contributed by atoms with Crippen LogP contribution in [-0.4, -0.2) is 21.5 Å². The number of aliphatic hydroxyl groups excluding tert-OH is 1. The fraction of sp³-hybridized carbons (Fsp3) is 0.400. The van der Waals surface area contributed by atoms with Crippen LogP contribution in [0.4, 0.5) is 10.2 Å². The van der Waals surface area contributed by atoms with Gasteiger partial charge in [0.1, 0.15) is 11.6 Å². The van der Waals surface area contributed by atoms with E-state index in [2.05, 4.69) is 25.9 Å². The van der Waals surface area contributed by atoms with Gasteiger partial charge in [-0.15, -0.1) is 0 Å². The lowest BCUT2D eigenvalue weighted by Crippen LogP contribution is -2.12. The number of aliphatic hydroxyl groups is 1. The van der Waals surface area contributed by atoms with Crippen LogP contribution in [0, 0.1) is 5.82 Å². The Balaban J connectivity index is 2.46. The van der Waals surface area contributed by atoms with Gasteiger partial charge in [0.15, 0.2) is 0 Å². The number of halogens is 1. The molecule has 1 aromatic carbocycles. The predicted molar refractivity (Wildman–Crippen MR) is 77.4 cm³/mol. The molecule has 0 unspecified atom stereocenters. The molecule has 0 atom stereocenters. The zero-order valence-electron chi connectivity index (χ0n) is 12.0. The molecular weight excluding hydrogens is 257 g/mol. The van der Waals surface area contributed by atoms with E-state index in [4.69, 9.17) is 10.8 Å². The molecule has 1 heterocycles. The maximum Gasteiger partial charge on any atom is 0.127 e. The minimum atomic E-state index is -0.329.